The Morgan fingerprint density at radius 1 is 1.05 bits per heavy atom. The Morgan fingerprint density at radius 2 is 1.70 bits per heavy atom. The molecular weight excluding hydrogens is 562 g/mol. The van der Waals surface area contributed by atoms with Crippen LogP contribution in [0.25, 0.3) is 0 Å². The fourth-order valence-corrected chi connectivity index (χ4v) is 7.30. The minimum Gasteiger partial charge on any atom is -0.469 e. The molecule has 5 rings (SSSR count). The minimum absolute atomic E-state index is 0.00584. The van der Waals surface area contributed by atoms with Gasteiger partial charge in [-0.05, 0) is 36.8 Å². The first kappa shape index (κ1) is 28.9. The van der Waals surface area contributed by atoms with Crippen molar-refractivity contribution < 1.29 is 32.5 Å². The molecule has 10 nitrogen and oxygen atoms in total. The zero-order chi connectivity index (χ0) is 28.1. The van der Waals surface area contributed by atoms with E-state index in [9.17, 15) is 9.36 Å². The number of fused-ring (bicyclic) bond motifs is 1. The highest BCUT2D eigenvalue weighted by molar-refractivity contribution is 7.54. The molecule has 2 aromatic rings. The topological polar surface area (TPSA) is 102 Å². The van der Waals surface area contributed by atoms with E-state index in [1.165, 1.54) is 13.2 Å². The van der Waals surface area contributed by atoms with Crippen LogP contribution in [0.2, 0.25) is 5.02 Å². The van der Waals surface area contributed by atoms with Crippen LogP contribution in [0.15, 0.2) is 52.4 Å². The zero-order valence-corrected chi connectivity index (χ0v) is 23.8. The molecule has 0 aromatic heterocycles. The van der Waals surface area contributed by atoms with Gasteiger partial charge in [0.2, 0.25) is 5.90 Å². The summed E-state index contributed by atoms with van der Waals surface area (Å²) in [4.78, 5) is 21.9. The highest BCUT2D eigenvalue weighted by Gasteiger charge is 2.44. The Labute approximate surface area is 237 Å². The first-order chi connectivity index (χ1) is 19.4. The maximum atomic E-state index is 15.1. The fourth-order valence-electron chi connectivity index (χ4n) is 4.79. The molecule has 2 fully saturated rings. The van der Waals surface area contributed by atoms with Crippen molar-refractivity contribution in [2.24, 2.45) is 9.98 Å². The van der Waals surface area contributed by atoms with Gasteiger partial charge in [0.1, 0.15) is 11.9 Å². The predicted octanol–water partition coefficient (Wildman–Crippen LogP) is 4.47. The van der Waals surface area contributed by atoms with E-state index in [1.54, 1.807) is 45.7 Å². The molecule has 2 saturated heterocycles. The SMILES string of the molecule is COC(=O)CCC1N=C(c2ccccc2F)c2cc(Cl)ccc2N=C1OP(=O)(N1CCOCC1)N1CCOCC1. The summed E-state index contributed by atoms with van der Waals surface area (Å²) in [5.41, 5.74) is 1.47. The third-order valence-corrected chi connectivity index (χ3v) is 9.78. The van der Waals surface area contributed by atoms with E-state index < -0.39 is 25.5 Å². The first-order valence-electron chi connectivity index (χ1n) is 13.1. The van der Waals surface area contributed by atoms with Gasteiger partial charge in [-0.3, -0.25) is 9.79 Å². The number of rotatable bonds is 7. The van der Waals surface area contributed by atoms with Crippen LogP contribution in [0, 0.1) is 5.82 Å². The Morgan fingerprint density at radius 3 is 2.33 bits per heavy atom. The maximum absolute atomic E-state index is 15.1. The molecule has 2 aromatic carbocycles. The lowest BCUT2D eigenvalue weighted by Gasteiger charge is -2.41. The number of nitrogens with zero attached hydrogens (tertiary/aromatic N) is 4. The standard InChI is InChI=1S/C27H31ClFN4O6P/c1-36-25(34)9-8-24-27(39-40(35,32-10-14-37-15-11-32)33-12-16-38-17-13-33)31-23-7-6-19(28)18-21(23)26(30-24)20-4-2-3-5-22(20)29/h2-7,18,24H,8-17H2,1H3. The van der Waals surface area contributed by atoms with Gasteiger partial charge in [0.15, 0.2) is 0 Å². The van der Waals surface area contributed by atoms with Crippen molar-refractivity contribution >= 4 is 42.5 Å². The summed E-state index contributed by atoms with van der Waals surface area (Å²) in [5.74, 6) is -0.855. The van der Waals surface area contributed by atoms with E-state index in [4.69, 9.17) is 40.3 Å². The molecule has 3 aliphatic heterocycles. The van der Waals surface area contributed by atoms with Crippen molar-refractivity contribution in [3.8, 4) is 0 Å². The number of halogens is 2. The van der Waals surface area contributed by atoms with E-state index >= 15 is 4.39 Å². The molecule has 0 amide bonds. The number of benzene rings is 2. The van der Waals surface area contributed by atoms with Crippen molar-refractivity contribution in [2.75, 3.05) is 59.7 Å². The van der Waals surface area contributed by atoms with Gasteiger partial charge in [0.25, 0.3) is 0 Å². The van der Waals surface area contributed by atoms with Crippen LogP contribution in [0.1, 0.15) is 24.0 Å². The number of morpholine rings is 2. The van der Waals surface area contributed by atoms with Crippen molar-refractivity contribution in [1.29, 1.82) is 0 Å². The number of methoxy groups -OCH3 is 1. The van der Waals surface area contributed by atoms with Crippen molar-refractivity contribution in [3.63, 3.8) is 0 Å². The maximum Gasteiger partial charge on any atom is 0.397 e. The van der Waals surface area contributed by atoms with E-state index in [0.29, 0.717) is 74.6 Å². The molecule has 0 aliphatic carbocycles. The number of hydrogen-bond acceptors (Lipinski definition) is 8. The van der Waals surface area contributed by atoms with Crippen LogP contribution in [-0.2, 0) is 28.1 Å². The summed E-state index contributed by atoms with van der Waals surface area (Å²) >= 11 is 6.36. The van der Waals surface area contributed by atoms with Gasteiger partial charge in [-0.2, -0.15) is 0 Å². The molecule has 3 aliphatic rings. The van der Waals surface area contributed by atoms with Crippen LogP contribution >= 0.6 is 19.3 Å². The molecule has 214 valence electrons. The molecular formula is C27H31ClFN4O6P. The lowest BCUT2D eigenvalue weighted by molar-refractivity contribution is -0.140. The second-order valence-electron chi connectivity index (χ2n) is 9.41. The molecule has 0 spiro atoms. The third kappa shape index (κ3) is 6.30. The lowest BCUT2D eigenvalue weighted by atomic mass is 10.00. The Bertz CT molecular complexity index is 1320. The molecule has 13 heteroatoms. The molecule has 0 radical (unpaired) electrons. The summed E-state index contributed by atoms with van der Waals surface area (Å²) < 4.78 is 55.9. The summed E-state index contributed by atoms with van der Waals surface area (Å²) in [5, 5.41) is 0.417. The molecule has 3 heterocycles. The number of aliphatic imine (C=N–C) groups is 2. The van der Waals surface area contributed by atoms with Gasteiger partial charge in [0, 0.05) is 48.7 Å². The van der Waals surface area contributed by atoms with E-state index in [-0.39, 0.29) is 24.3 Å². The average molecular weight is 593 g/mol. The third-order valence-electron chi connectivity index (χ3n) is 6.90. The van der Waals surface area contributed by atoms with Crippen molar-refractivity contribution in [3.05, 3.63) is 64.4 Å². The normalized spacial score (nSPS) is 20.6. The average Bonchev–Trinajstić information content (AvgIpc) is 3.13. The number of carbonyl (C=O) groups excluding carboxylic acids is 1. The number of carbonyl (C=O) groups is 1. The Kier molecular flexibility index (Phi) is 9.30. The van der Waals surface area contributed by atoms with Gasteiger partial charge in [-0.1, -0.05) is 23.7 Å². The Balaban J connectivity index is 1.63. The van der Waals surface area contributed by atoms with E-state index in [0.717, 1.165) is 0 Å². The molecule has 1 unspecified atom stereocenters. The summed E-state index contributed by atoms with van der Waals surface area (Å²) in [6.45, 7) is 3.27. The minimum atomic E-state index is -3.68. The monoisotopic (exact) mass is 592 g/mol. The zero-order valence-electron chi connectivity index (χ0n) is 22.1. The highest BCUT2D eigenvalue weighted by atomic mass is 35.5. The summed E-state index contributed by atoms with van der Waals surface area (Å²) in [6, 6.07) is 10.4. The van der Waals surface area contributed by atoms with Crippen LogP contribution in [-0.4, -0.2) is 92.7 Å². The van der Waals surface area contributed by atoms with Gasteiger partial charge >= 0.3 is 13.6 Å². The largest absolute Gasteiger partial charge is 0.469 e. The number of ether oxygens (including phenoxy) is 3. The lowest BCUT2D eigenvalue weighted by Crippen LogP contribution is -2.44. The molecule has 0 N–H and O–H groups in total. The molecule has 1 atom stereocenters. The summed E-state index contributed by atoms with van der Waals surface area (Å²) in [6.07, 6.45) is 0.130. The molecule has 40 heavy (non-hydrogen) atoms. The van der Waals surface area contributed by atoms with Crippen LogP contribution < -0.4 is 0 Å². The quantitative estimate of drug-likeness (QED) is 0.343. The smallest absolute Gasteiger partial charge is 0.397 e. The van der Waals surface area contributed by atoms with Gasteiger partial charge in [0.05, 0.1) is 44.9 Å². The van der Waals surface area contributed by atoms with E-state index in [2.05, 4.69) is 0 Å². The second-order valence-corrected chi connectivity index (χ2v) is 12.1. The second kappa shape index (κ2) is 12.9. The number of hydrogen-bond donors (Lipinski definition) is 0. The van der Waals surface area contributed by atoms with Crippen LogP contribution in [0.4, 0.5) is 10.1 Å². The Hall–Kier alpha value is -2.66. The molecule has 0 saturated carbocycles. The summed E-state index contributed by atoms with van der Waals surface area (Å²) in [7, 11) is -2.38. The first-order valence-corrected chi connectivity index (χ1v) is 15.0. The highest BCUT2D eigenvalue weighted by Crippen LogP contribution is 2.55. The van der Waals surface area contributed by atoms with Gasteiger partial charge < -0.3 is 18.7 Å². The van der Waals surface area contributed by atoms with Crippen LogP contribution in [0.3, 0.4) is 0 Å². The molecule has 0 bridgehead atoms. The van der Waals surface area contributed by atoms with Crippen molar-refractivity contribution in [2.45, 2.75) is 18.9 Å². The van der Waals surface area contributed by atoms with Gasteiger partial charge in [-0.15, -0.1) is 0 Å². The van der Waals surface area contributed by atoms with Crippen LogP contribution in [0.5, 0.6) is 0 Å². The van der Waals surface area contributed by atoms with E-state index in [1.807, 2.05) is 0 Å². The van der Waals surface area contributed by atoms with Crippen molar-refractivity contribution in [1.82, 2.24) is 9.34 Å². The fraction of sp³-hybridized carbons (Fsp3) is 0.444. The predicted molar refractivity (Wildman–Crippen MR) is 149 cm³/mol. The number of esters is 1. The van der Waals surface area contributed by atoms with Gasteiger partial charge in [-0.25, -0.2) is 23.3 Å².